The average Bonchev–Trinajstić information content (AvgIpc) is 2.99. The molecule has 7 heteroatoms. The lowest BCUT2D eigenvalue weighted by atomic mass is 10.1. The van der Waals surface area contributed by atoms with E-state index >= 15 is 0 Å². The van der Waals surface area contributed by atoms with Gasteiger partial charge in [-0.1, -0.05) is 23.7 Å². The highest BCUT2D eigenvalue weighted by molar-refractivity contribution is 6.30. The molecule has 2 heterocycles. The van der Waals surface area contributed by atoms with Crippen LogP contribution in [0.15, 0.2) is 48.5 Å². The molecule has 0 unspecified atom stereocenters. The first kappa shape index (κ1) is 18.9. The van der Waals surface area contributed by atoms with Crippen LogP contribution in [0.5, 0.6) is 0 Å². The topological polar surface area (TPSA) is 43.9 Å². The number of nitrogens with zero attached hydrogens (tertiary/aromatic N) is 3. The summed E-state index contributed by atoms with van der Waals surface area (Å²) in [5.74, 6) is -0.515. The van der Waals surface area contributed by atoms with Crippen molar-refractivity contribution in [2.24, 2.45) is 0 Å². The number of piperazine rings is 1. The smallest absolute Gasteiger partial charge is 0.247 e. The zero-order valence-corrected chi connectivity index (χ0v) is 16.1. The quantitative estimate of drug-likeness (QED) is 0.739. The summed E-state index contributed by atoms with van der Waals surface area (Å²) in [6.45, 7) is 3.13. The van der Waals surface area contributed by atoms with Crippen LogP contribution in [0.4, 0.5) is 10.1 Å². The van der Waals surface area contributed by atoms with Gasteiger partial charge in [-0.05, 0) is 42.0 Å². The van der Waals surface area contributed by atoms with Crippen molar-refractivity contribution in [3.8, 4) is 0 Å². The van der Waals surface area contributed by atoms with E-state index in [1.807, 2.05) is 12.1 Å². The molecule has 0 saturated carbocycles. The van der Waals surface area contributed by atoms with Crippen LogP contribution in [0.3, 0.4) is 0 Å². The fourth-order valence-corrected chi connectivity index (χ4v) is 3.96. The van der Waals surface area contributed by atoms with Gasteiger partial charge in [-0.2, -0.15) is 0 Å². The molecule has 2 saturated heterocycles. The molecule has 28 heavy (non-hydrogen) atoms. The second-order valence-electron chi connectivity index (χ2n) is 7.16. The molecule has 2 fully saturated rings. The van der Waals surface area contributed by atoms with E-state index in [1.54, 1.807) is 24.3 Å². The van der Waals surface area contributed by atoms with Crippen LogP contribution in [0.25, 0.3) is 0 Å². The van der Waals surface area contributed by atoms with Gasteiger partial charge in [0.2, 0.25) is 11.8 Å². The van der Waals surface area contributed by atoms with Crippen LogP contribution in [-0.4, -0.2) is 53.8 Å². The van der Waals surface area contributed by atoms with Crippen molar-refractivity contribution >= 4 is 29.1 Å². The van der Waals surface area contributed by atoms with Crippen molar-refractivity contribution in [3.05, 3.63) is 64.9 Å². The van der Waals surface area contributed by atoms with Crippen LogP contribution < -0.4 is 4.90 Å². The third kappa shape index (κ3) is 3.88. The summed E-state index contributed by atoms with van der Waals surface area (Å²) in [7, 11) is 0. The Hall–Kier alpha value is -2.44. The van der Waals surface area contributed by atoms with E-state index in [2.05, 4.69) is 9.80 Å². The predicted molar refractivity (Wildman–Crippen MR) is 106 cm³/mol. The van der Waals surface area contributed by atoms with E-state index in [-0.39, 0.29) is 30.6 Å². The number of carbonyl (C=O) groups is 2. The van der Waals surface area contributed by atoms with Crippen molar-refractivity contribution in [2.45, 2.75) is 19.0 Å². The Balaban J connectivity index is 1.37. The minimum absolute atomic E-state index is 0.129. The van der Waals surface area contributed by atoms with Crippen molar-refractivity contribution < 1.29 is 14.0 Å². The zero-order valence-electron chi connectivity index (χ0n) is 15.4. The first-order valence-electron chi connectivity index (χ1n) is 9.34. The van der Waals surface area contributed by atoms with Crippen molar-refractivity contribution in [3.63, 3.8) is 0 Å². The zero-order chi connectivity index (χ0) is 19.7. The van der Waals surface area contributed by atoms with E-state index in [4.69, 9.17) is 11.6 Å². The fraction of sp³-hybridized carbons (Fsp3) is 0.333. The van der Waals surface area contributed by atoms with E-state index in [9.17, 15) is 14.0 Å². The maximum absolute atomic E-state index is 13.1. The number of carbonyl (C=O) groups excluding carboxylic acids is 2. The molecule has 4 rings (SSSR count). The van der Waals surface area contributed by atoms with Gasteiger partial charge in [0.25, 0.3) is 0 Å². The Morgan fingerprint density at radius 2 is 1.57 bits per heavy atom. The minimum Gasteiger partial charge on any atom is -0.369 e. The van der Waals surface area contributed by atoms with Crippen molar-refractivity contribution in [2.75, 3.05) is 31.1 Å². The van der Waals surface area contributed by atoms with Crippen LogP contribution in [0, 0.1) is 5.82 Å². The lowest BCUT2D eigenvalue weighted by molar-refractivity contribution is -0.140. The van der Waals surface area contributed by atoms with Crippen LogP contribution in [0.2, 0.25) is 5.02 Å². The third-order valence-corrected chi connectivity index (χ3v) is 5.67. The molecule has 2 aliphatic heterocycles. The van der Waals surface area contributed by atoms with Gasteiger partial charge in [0.05, 0.1) is 19.0 Å². The van der Waals surface area contributed by atoms with Gasteiger partial charge < -0.3 is 4.90 Å². The first-order chi connectivity index (χ1) is 13.5. The van der Waals surface area contributed by atoms with E-state index in [0.29, 0.717) is 18.1 Å². The predicted octanol–water partition coefficient (Wildman–Crippen LogP) is 2.93. The molecule has 2 aromatic carbocycles. The molecule has 2 aromatic rings. The van der Waals surface area contributed by atoms with E-state index < -0.39 is 6.04 Å². The Morgan fingerprint density at radius 1 is 0.929 bits per heavy atom. The molecule has 0 spiro atoms. The molecule has 0 aromatic heterocycles. The summed E-state index contributed by atoms with van der Waals surface area (Å²) >= 11 is 5.90. The summed E-state index contributed by atoms with van der Waals surface area (Å²) in [5, 5.41) is 0.625. The molecular formula is C21H21ClFN3O2. The molecule has 146 valence electrons. The molecule has 1 atom stereocenters. The van der Waals surface area contributed by atoms with Crippen LogP contribution in [-0.2, 0) is 16.1 Å². The summed E-state index contributed by atoms with van der Waals surface area (Å²) in [6, 6.07) is 13.2. The van der Waals surface area contributed by atoms with Crippen molar-refractivity contribution in [1.29, 1.82) is 0 Å². The summed E-state index contributed by atoms with van der Waals surface area (Å²) in [4.78, 5) is 30.9. The highest BCUT2D eigenvalue weighted by Crippen LogP contribution is 2.24. The van der Waals surface area contributed by atoms with Gasteiger partial charge in [0.1, 0.15) is 5.82 Å². The monoisotopic (exact) mass is 401 g/mol. The molecular weight excluding hydrogens is 381 g/mol. The van der Waals surface area contributed by atoms with Gasteiger partial charge in [-0.15, -0.1) is 0 Å². The highest BCUT2D eigenvalue weighted by Gasteiger charge is 2.42. The van der Waals surface area contributed by atoms with E-state index in [1.165, 1.54) is 17.0 Å². The second kappa shape index (κ2) is 7.89. The van der Waals surface area contributed by atoms with Gasteiger partial charge in [-0.3, -0.25) is 19.4 Å². The van der Waals surface area contributed by atoms with Gasteiger partial charge in [-0.25, -0.2) is 4.39 Å². The lowest BCUT2D eigenvalue weighted by Crippen LogP contribution is -2.52. The number of hydrogen-bond acceptors (Lipinski definition) is 4. The molecule has 2 aliphatic rings. The highest BCUT2D eigenvalue weighted by atomic mass is 35.5. The number of benzene rings is 2. The van der Waals surface area contributed by atoms with Gasteiger partial charge in [0.15, 0.2) is 0 Å². The van der Waals surface area contributed by atoms with Gasteiger partial charge in [0, 0.05) is 36.9 Å². The first-order valence-corrected chi connectivity index (χ1v) is 9.72. The molecule has 2 amide bonds. The third-order valence-electron chi connectivity index (χ3n) is 5.42. The molecule has 0 bridgehead atoms. The largest absolute Gasteiger partial charge is 0.369 e. The number of anilines is 1. The molecule has 5 nitrogen and oxygen atoms in total. The Morgan fingerprint density at radius 3 is 2.21 bits per heavy atom. The molecule has 0 radical (unpaired) electrons. The minimum atomic E-state index is -0.393. The summed E-state index contributed by atoms with van der Waals surface area (Å²) < 4.78 is 13.1. The second-order valence-corrected chi connectivity index (χ2v) is 7.60. The summed E-state index contributed by atoms with van der Waals surface area (Å²) in [6.07, 6.45) is 0.225. The Bertz CT molecular complexity index is 864. The number of hydrogen-bond donors (Lipinski definition) is 0. The number of imide groups is 1. The maximum atomic E-state index is 13.1. The normalized spacial score (nSPS) is 20.9. The Kier molecular flexibility index (Phi) is 5.33. The average molecular weight is 402 g/mol. The molecule has 0 aliphatic carbocycles. The Labute approximate surface area is 168 Å². The lowest BCUT2D eigenvalue weighted by Gasteiger charge is -2.38. The molecule has 0 N–H and O–H groups in total. The summed E-state index contributed by atoms with van der Waals surface area (Å²) in [5.41, 5.74) is 1.85. The van der Waals surface area contributed by atoms with E-state index in [0.717, 1.165) is 24.3 Å². The fourth-order valence-electron chi connectivity index (χ4n) is 3.83. The SMILES string of the molecule is O=C1C[C@H](N2CCN(c3ccc(F)cc3)CC2)C(=O)N1Cc1ccc(Cl)cc1. The number of amides is 2. The number of likely N-dealkylation sites (tertiary alicyclic amines) is 1. The van der Waals surface area contributed by atoms with Crippen molar-refractivity contribution in [1.82, 2.24) is 9.80 Å². The number of rotatable bonds is 4. The van der Waals surface area contributed by atoms with Crippen LogP contribution in [0.1, 0.15) is 12.0 Å². The standard InChI is InChI=1S/C21H21ClFN3O2/c22-16-3-1-15(2-4-16)14-26-20(27)13-19(21(26)28)25-11-9-24(10-12-25)18-7-5-17(23)6-8-18/h1-8,19H,9-14H2/t19-/m0/s1. The van der Waals surface area contributed by atoms with Gasteiger partial charge >= 0.3 is 0 Å². The number of halogens is 2. The maximum Gasteiger partial charge on any atom is 0.247 e. The van der Waals surface area contributed by atoms with Crippen LogP contribution >= 0.6 is 11.6 Å².